The summed E-state index contributed by atoms with van der Waals surface area (Å²) in [6, 6.07) is 0. The van der Waals surface area contributed by atoms with Crippen LogP contribution in [0.3, 0.4) is 0 Å². The van der Waals surface area contributed by atoms with Crippen molar-refractivity contribution in [1.29, 1.82) is 0 Å². The van der Waals surface area contributed by atoms with E-state index in [1.807, 2.05) is 11.8 Å². The van der Waals surface area contributed by atoms with E-state index in [-0.39, 0.29) is 11.5 Å². The third kappa shape index (κ3) is 3.38. The first-order valence-electron chi connectivity index (χ1n) is 6.48. The van der Waals surface area contributed by atoms with Crippen LogP contribution in [0.25, 0.3) is 0 Å². The standard InChI is InChI=1S/C13H19BrN2OS/c1-8(2)12-11(14)13(17)16-10(15-12)7-18-9-5-3-4-6-9/h8-9H,3-7H2,1-2H3,(H,15,16,17). The first-order valence-corrected chi connectivity index (χ1v) is 8.32. The molecule has 1 fully saturated rings. The number of hydrogen-bond donors (Lipinski definition) is 1. The highest BCUT2D eigenvalue weighted by atomic mass is 79.9. The molecule has 0 amide bonds. The maximum absolute atomic E-state index is 11.8. The Labute approximate surface area is 120 Å². The molecule has 1 aromatic heterocycles. The van der Waals surface area contributed by atoms with Gasteiger partial charge >= 0.3 is 0 Å². The molecule has 0 spiro atoms. The number of nitrogens with one attached hydrogen (secondary N) is 1. The number of rotatable bonds is 4. The molecule has 0 aliphatic heterocycles. The minimum absolute atomic E-state index is 0.0595. The maximum atomic E-state index is 11.8. The van der Waals surface area contributed by atoms with Crippen LogP contribution in [0.4, 0.5) is 0 Å². The summed E-state index contributed by atoms with van der Waals surface area (Å²) in [6.45, 7) is 4.11. The number of hydrogen-bond acceptors (Lipinski definition) is 3. The van der Waals surface area contributed by atoms with E-state index in [0.717, 1.165) is 22.5 Å². The Balaban J connectivity index is 2.10. The van der Waals surface area contributed by atoms with Gasteiger partial charge in [-0.15, -0.1) is 0 Å². The first-order chi connectivity index (χ1) is 8.58. The molecule has 1 heterocycles. The summed E-state index contributed by atoms with van der Waals surface area (Å²) in [6.07, 6.45) is 5.31. The zero-order valence-corrected chi connectivity index (χ0v) is 13.2. The number of aromatic amines is 1. The summed E-state index contributed by atoms with van der Waals surface area (Å²) in [5.41, 5.74) is 0.802. The largest absolute Gasteiger partial charge is 0.309 e. The lowest BCUT2D eigenvalue weighted by molar-refractivity contribution is 0.783. The van der Waals surface area contributed by atoms with E-state index in [2.05, 4.69) is 39.7 Å². The highest BCUT2D eigenvalue weighted by Gasteiger charge is 2.17. The Morgan fingerprint density at radius 1 is 1.44 bits per heavy atom. The van der Waals surface area contributed by atoms with Crippen molar-refractivity contribution in [2.75, 3.05) is 0 Å². The van der Waals surface area contributed by atoms with Gasteiger partial charge in [0.05, 0.1) is 11.4 Å². The van der Waals surface area contributed by atoms with Crippen LogP contribution in [0.1, 0.15) is 57.0 Å². The van der Waals surface area contributed by atoms with Crippen LogP contribution in [-0.4, -0.2) is 15.2 Å². The van der Waals surface area contributed by atoms with Crippen molar-refractivity contribution in [1.82, 2.24) is 9.97 Å². The predicted octanol–water partition coefficient (Wildman–Crippen LogP) is 3.83. The summed E-state index contributed by atoms with van der Waals surface area (Å²) in [5.74, 6) is 1.88. The van der Waals surface area contributed by atoms with Crippen LogP contribution in [0, 0.1) is 0 Å². The SMILES string of the molecule is CC(C)c1nc(CSC2CCCC2)[nH]c(=O)c1Br. The molecule has 18 heavy (non-hydrogen) atoms. The number of halogens is 1. The summed E-state index contributed by atoms with van der Waals surface area (Å²) in [5, 5.41) is 0.751. The minimum Gasteiger partial charge on any atom is -0.309 e. The average Bonchev–Trinajstić information content (AvgIpc) is 2.83. The van der Waals surface area contributed by atoms with E-state index >= 15 is 0 Å². The third-order valence-electron chi connectivity index (χ3n) is 3.24. The number of H-pyrrole nitrogens is 1. The van der Waals surface area contributed by atoms with Crippen LogP contribution >= 0.6 is 27.7 Å². The van der Waals surface area contributed by atoms with Crippen molar-refractivity contribution < 1.29 is 0 Å². The van der Waals surface area contributed by atoms with Crippen LogP contribution in [-0.2, 0) is 5.75 Å². The van der Waals surface area contributed by atoms with E-state index in [4.69, 9.17) is 0 Å². The van der Waals surface area contributed by atoms with Crippen molar-refractivity contribution in [3.63, 3.8) is 0 Å². The quantitative estimate of drug-likeness (QED) is 0.912. The second-order valence-corrected chi connectivity index (χ2v) is 7.17. The topological polar surface area (TPSA) is 45.8 Å². The predicted molar refractivity (Wildman–Crippen MR) is 80.2 cm³/mol. The van der Waals surface area contributed by atoms with Gasteiger partial charge in [-0.3, -0.25) is 4.79 Å². The fourth-order valence-corrected chi connectivity index (χ4v) is 4.07. The second-order valence-electron chi connectivity index (χ2n) is 5.08. The van der Waals surface area contributed by atoms with E-state index < -0.39 is 0 Å². The summed E-state index contributed by atoms with van der Waals surface area (Å²) >= 11 is 5.24. The average molecular weight is 331 g/mol. The summed E-state index contributed by atoms with van der Waals surface area (Å²) in [7, 11) is 0. The molecule has 0 aromatic carbocycles. The van der Waals surface area contributed by atoms with E-state index in [1.54, 1.807) is 0 Å². The molecule has 5 heteroatoms. The minimum atomic E-state index is -0.0595. The lowest BCUT2D eigenvalue weighted by atomic mass is 10.1. The lowest BCUT2D eigenvalue weighted by Crippen LogP contribution is -2.16. The maximum Gasteiger partial charge on any atom is 0.265 e. The molecule has 0 unspecified atom stereocenters. The van der Waals surface area contributed by atoms with Gasteiger partial charge in [0.25, 0.3) is 5.56 Å². The molecule has 2 rings (SSSR count). The van der Waals surface area contributed by atoms with Crippen molar-refractivity contribution in [3.8, 4) is 0 Å². The monoisotopic (exact) mass is 330 g/mol. The highest BCUT2D eigenvalue weighted by Crippen LogP contribution is 2.31. The fraction of sp³-hybridized carbons (Fsp3) is 0.692. The molecular formula is C13H19BrN2OS. The molecule has 100 valence electrons. The Kier molecular flexibility index (Phi) is 4.90. The van der Waals surface area contributed by atoms with Crippen LogP contribution < -0.4 is 5.56 Å². The second kappa shape index (κ2) is 6.24. The molecule has 1 aromatic rings. The van der Waals surface area contributed by atoms with Gasteiger partial charge in [-0.1, -0.05) is 26.7 Å². The lowest BCUT2D eigenvalue weighted by Gasteiger charge is -2.11. The molecule has 0 atom stereocenters. The molecule has 0 bridgehead atoms. The number of thioether (sulfide) groups is 1. The first kappa shape index (κ1) is 14.1. The van der Waals surface area contributed by atoms with E-state index in [1.165, 1.54) is 25.7 Å². The zero-order chi connectivity index (χ0) is 13.1. The van der Waals surface area contributed by atoms with Crippen molar-refractivity contribution in [2.45, 2.75) is 56.5 Å². The normalized spacial score (nSPS) is 16.7. The summed E-state index contributed by atoms with van der Waals surface area (Å²) < 4.78 is 0.576. The smallest absolute Gasteiger partial charge is 0.265 e. The van der Waals surface area contributed by atoms with Gasteiger partial charge in [0, 0.05) is 5.25 Å². The van der Waals surface area contributed by atoms with Gasteiger partial charge in [-0.25, -0.2) is 4.98 Å². The van der Waals surface area contributed by atoms with Crippen molar-refractivity contribution in [2.24, 2.45) is 0 Å². The third-order valence-corrected chi connectivity index (χ3v) is 5.39. The number of aromatic nitrogens is 2. The van der Waals surface area contributed by atoms with Gasteiger partial charge in [0.2, 0.25) is 0 Å². The molecule has 1 aliphatic rings. The molecule has 3 nitrogen and oxygen atoms in total. The molecular weight excluding hydrogens is 312 g/mol. The Bertz CT molecular complexity index is 467. The van der Waals surface area contributed by atoms with Gasteiger partial charge in [0.1, 0.15) is 10.3 Å². The molecule has 1 saturated carbocycles. The van der Waals surface area contributed by atoms with Crippen molar-refractivity contribution in [3.05, 3.63) is 26.3 Å². The van der Waals surface area contributed by atoms with Crippen LogP contribution in [0.15, 0.2) is 9.27 Å². The van der Waals surface area contributed by atoms with E-state index in [0.29, 0.717) is 4.47 Å². The van der Waals surface area contributed by atoms with Gasteiger partial charge in [-0.05, 0) is 34.7 Å². The Morgan fingerprint density at radius 2 is 2.11 bits per heavy atom. The highest BCUT2D eigenvalue weighted by molar-refractivity contribution is 9.10. The van der Waals surface area contributed by atoms with Gasteiger partial charge in [-0.2, -0.15) is 11.8 Å². The zero-order valence-electron chi connectivity index (χ0n) is 10.8. The fourth-order valence-electron chi connectivity index (χ4n) is 2.23. The van der Waals surface area contributed by atoms with Crippen LogP contribution in [0.2, 0.25) is 0 Å². The van der Waals surface area contributed by atoms with Gasteiger partial charge in [0.15, 0.2) is 0 Å². The molecule has 0 radical (unpaired) electrons. The molecule has 0 saturated heterocycles. The Morgan fingerprint density at radius 3 is 2.72 bits per heavy atom. The molecule has 1 aliphatic carbocycles. The molecule has 1 N–H and O–H groups in total. The Hall–Kier alpha value is -0.290. The number of nitrogens with zero attached hydrogens (tertiary/aromatic N) is 1. The van der Waals surface area contributed by atoms with Gasteiger partial charge < -0.3 is 4.98 Å². The van der Waals surface area contributed by atoms with E-state index in [9.17, 15) is 4.79 Å². The van der Waals surface area contributed by atoms with Crippen molar-refractivity contribution >= 4 is 27.7 Å². The van der Waals surface area contributed by atoms with Crippen LogP contribution in [0.5, 0.6) is 0 Å². The summed E-state index contributed by atoms with van der Waals surface area (Å²) in [4.78, 5) is 19.2.